The van der Waals surface area contributed by atoms with Crippen LogP contribution in [0.15, 0.2) is 65.1 Å². The summed E-state index contributed by atoms with van der Waals surface area (Å²) in [5.74, 6) is 0.893. The maximum Gasteiger partial charge on any atom is 0.203 e. The number of fused-ring (bicyclic) bond motifs is 2. The van der Waals surface area contributed by atoms with Gasteiger partial charge in [-0.05, 0) is 58.4 Å². The normalized spacial score (nSPS) is 10.9. The first-order valence-electron chi connectivity index (χ1n) is 12.0. The lowest BCUT2D eigenvalue weighted by Gasteiger charge is -2.22. The van der Waals surface area contributed by atoms with E-state index in [4.69, 9.17) is 4.42 Å². The summed E-state index contributed by atoms with van der Waals surface area (Å²) in [7, 11) is 0. The van der Waals surface area contributed by atoms with Gasteiger partial charge in [-0.25, -0.2) is 4.58 Å². The van der Waals surface area contributed by atoms with Gasteiger partial charge in [0.15, 0.2) is 5.78 Å². The number of benzene rings is 3. The first-order valence-corrected chi connectivity index (χ1v) is 12.0. The predicted molar refractivity (Wildman–Crippen MR) is 138 cm³/mol. The van der Waals surface area contributed by atoms with Crippen LogP contribution in [0.3, 0.4) is 0 Å². The van der Waals surface area contributed by atoms with Crippen molar-refractivity contribution in [3.8, 4) is 22.5 Å². The zero-order chi connectivity index (χ0) is 23.5. The van der Waals surface area contributed by atoms with Gasteiger partial charge in [-0.1, -0.05) is 24.3 Å². The molecule has 2 aliphatic rings. The van der Waals surface area contributed by atoms with Crippen LogP contribution in [0.1, 0.15) is 45.0 Å². The Kier molecular flexibility index (Phi) is 8.16. The van der Waals surface area contributed by atoms with Gasteiger partial charge >= 0.3 is 0 Å². The van der Waals surface area contributed by atoms with Gasteiger partial charge in [-0.15, -0.1) is 0 Å². The zero-order valence-corrected chi connectivity index (χ0v) is 21.4. The molecule has 178 valence electrons. The Morgan fingerprint density at radius 2 is 1.59 bits per heavy atom. The molecule has 0 aromatic heterocycles. The summed E-state index contributed by atoms with van der Waals surface area (Å²) in [6.07, 6.45) is 0. The number of carbonyl (C=O) groups is 1. The van der Waals surface area contributed by atoms with Crippen LogP contribution in [-0.2, 0) is 0 Å². The molecule has 0 unspecified atom stereocenters. The van der Waals surface area contributed by atoms with E-state index in [-0.39, 0.29) is 18.2 Å². The van der Waals surface area contributed by atoms with Crippen molar-refractivity contribution in [2.45, 2.75) is 34.6 Å². The number of carbonyl (C=O) groups excluding carboxylic acids is 1. The van der Waals surface area contributed by atoms with Crippen LogP contribution in [-0.4, -0.2) is 32.0 Å². The summed E-state index contributed by atoms with van der Waals surface area (Å²) in [4.78, 5) is 14.8. The highest BCUT2D eigenvalue weighted by Gasteiger charge is 2.21. The van der Waals surface area contributed by atoms with Crippen LogP contribution in [0, 0.1) is 0 Å². The molecule has 2 aromatic rings. The molecule has 34 heavy (non-hydrogen) atoms. The summed E-state index contributed by atoms with van der Waals surface area (Å²) in [6, 6.07) is 20.7. The Morgan fingerprint density at radius 3 is 2.24 bits per heavy atom. The average molecular weight is 477 g/mol. The number of hydrogen-bond donors (Lipinski definition) is 0. The molecule has 1 aliphatic carbocycles. The van der Waals surface area contributed by atoms with Crippen molar-refractivity contribution in [2.75, 3.05) is 31.1 Å². The smallest absolute Gasteiger partial charge is 0.203 e. The fourth-order valence-corrected chi connectivity index (χ4v) is 4.74. The molecular formula is C29H33ClN2O2. The fourth-order valence-electron chi connectivity index (χ4n) is 4.74. The highest BCUT2D eigenvalue weighted by atomic mass is 35.5. The topological polar surface area (TPSA) is 36.5 Å². The Morgan fingerprint density at radius 1 is 0.882 bits per heavy atom. The molecule has 0 spiro atoms. The van der Waals surface area contributed by atoms with Crippen molar-refractivity contribution in [3.63, 3.8) is 0 Å². The van der Waals surface area contributed by atoms with Crippen molar-refractivity contribution in [3.05, 3.63) is 71.6 Å². The molecule has 1 aliphatic heterocycles. The van der Waals surface area contributed by atoms with Crippen molar-refractivity contribution in [2.24, 2.45) is 0 Å². The van der Waals surface area contributed by atoms with E-state index in [1.807, 2.05) is 24.3 Å². The standard InChI is InChI=1S/C29H33N2O2.ClH/c1-6-30(7-2)21-14-16-25-27(18-21)33-28-19-22(31(8-3)9-4)15-17-26(28)29(25)24-13-11-10-12-23(24)20(5)32;/h10-19H,6-9H2,1-5H3;1H/q+1;/p-1. The highest BCUT2D eigenvalue weighted by Crippen LogP contribution is 2.42. The minimum absolute atomic E-state index is 0. The van der Waals surface area contributed by atoms with Crippen molar-refractivity contribution < 1.29 is 21.6 Å². The third-order valence-corrected chi connectivity index (χ3v) is 6.52. The quantitative estimate of drug-likeness (QED) is 0.234. The first kappa shape index (κ1) is 25.5. The van der Waals surface area contributed by atoms with Crippen LogP contribution >= 0.6 is 0 Å². The average Bonchev–Trinajstić information content (AvgIpc) is 2.84. The third-order valence-electron chi connectivity index (χ3n) is 6.52. The first-order chi connectivity index (χ1) is 16.0. The largest absolute Gasteiger partial charge is 1.00 e. The molecule has 0 saturated carbocycles. The summed E-state index contributed by atoms with van der Waals surface area (Å²) < 4.78 is 8.84. The number of anilines is 1. The monoisotopic (exact) mass is 476 g/mol. The van der Waals surface area contributed by atoms with Crippen LogP contribution in [0.5, 0.6) is 0 Å². The van der Waals surface area contributed by atoms with E-state index >= 15 is 0 Å². The van der Waals surface area contributed by atoms with Gasteiger partial charge in [-0.2, -0.15) is 0 Å². The lowest BCUT2D eigenvalue weighted by molar-refractivity contribution is -0.0000153. The molecule has 0 N–H and O–H groups in total. The number of nitrogens with zero attached hydrogens (tertiary/aromatic N) is 2. The van der Waals surface area contributed by atoms with Gasteiger partial charge in [0.1, 0.15) is 24.4 Å². The van der Waals surface area contributed by atoms with Crippen molar-refractivity contribution in [1.29, 1.82) is 0 Å². The molecule has 0 atom stereocenters. The SMILES string of the molecule is CCN(CC)c1ccc2c(-c3ccccc3C(C)=O)c3ccc(=[N+](CC)CC)cc-3oc2c1.[Cl-]. The van der Waals surface area contributed by atoms with Gasteiger partial charge in [-0.3, -0.25) is 4.79 Å². The van der Waals surface area contributed by atoms with E-state index in [2.05, 4.69) is 73.6 Å². The molecule has 0 bridgehead atoms. The summed E-state index contributed by atoms with van der Waals surface area (Å²) in [5, 5.41) is 2.16. The summed E-state index contributed by atoms with van der Waals surface area (Å²) >= 11 is 0. The highest BCUT2D eigenvalue weighted by molar-refractivity contribution is 6.09. The third kappa shape index (κ3) is 4.60. The van der Waals surface area contributed by atoms with Gasteiger partial charge in [0, 0.05) is 53.0 Å². The lowest BCUT2D eigenvalue weighted by atomic mass is 9.89. The van der Waals surface area contributed by atoms with Crippen molar-refractivity contribution >= 4 is 22.4 Å². The predicted octanol–water partition coefficient (Wildman–Crippen LogP) is 3.07. The van der Waals surface area contributed by atoms with Crippen LogP contribution in [0.25, 0.3) is 33.4 Å². The maximum absolute atomic E-state index is 12.5. The fraction of sp³-hybridized carbons (Fsp3) is 0.310. The Hall–Kier alpha value is -3.11. The molecule has 1 heterocycles. The maximum atomic E-state index is 12.5. The second-order valence-corrected chi connectivity index (χ2v) is 8.28. The summed E-state index contributed by atoms with van der Waals surface area (Å²) in [6.45, 7) is 14.0. The molecule has 0 amide bonds. The number of rotatable bonds is 7. The lowest BCUT2D eigenvalue weighted by Crippen LogP contribution is -3.00. The van der Waals surface area contributed by atoms with E-state index in [0.717, 1.165) is 76.2 Å². The van der Waals surface area contributed by atoms with Crippen LogP contribution < -0.4 is 27.2 Å². The number of hydrogen-bond acceptors (Lipinski definition) is 3. The van der Waals surface area contributed by atoms with Gasteiger partial charge in [0.2, 0.25) is 5.36 Å². The van der Waals surface area contributed by atoms with Crippen LogP contribution in [0.2, 0.25) is 0 Å². The van der Waals surface area contributed by atoms with Gasteiger partial charge < -0.3 is 21.7 Å². The molecule has 5 heteroatoms. The minimum Gasteiger partial charge on any atom is -1.00 e. The molecule has 2 aromatic carbocycles. The summed E-state index contributed by atoms with van der Waals surface area (Å²) in [5.41, 5.74) is 5.71. The number of ketones is 1. The Bertz CT molecular complexity index is 1350. The van der Waals surface area contributed by atoms with E-state index < -0.39 is 0 Å². The molecule has 0 fully saturated rings. The molecule has 4 rings (SSSR count). The molecule has 0 radical (unpaired) electrons. The molecule has 0 saturated heterocycles. The van der Waals surface area contributed by atoms with E-state index in [9.17, 15) is 4.79 Å². The molecule has 4 nitrogen and oxygen atoms in total. The van der Waals surface area contributed by atoms with Gasteiger partial charge in [0.05, 0.1) is 6.07 Å². The zero-order valence-electron chi connectivity index (χ0n) is 20.7. The number of Topliss-reactive ketones (excluding diaryl/α,β-unsaturated/α-hetero) is 1. The van der Waals surface area contributed by atoms with E-state index in [0.29, 0.717) is 0 Å². The second kappa shape index (κ2) is 10.9. The van der Waals surface area contributed by atoms with Crippen LogP contribution in [0.4, 0.5) is 5.69 Å². The van der Waals surface area contributed by atoms with E-state index in [1.165, 1.54) is 0 Å². The van der Waals surface area contributed by atoms with Crippen molar-refractivity contribution in [1.82, 2.24) is 4.58 Å². The molecular weight excluding hydrogens is 444 g/mol. The Labute approximate surface area is 208 Å². The Balaban J connectivity index is 0.00000324. The van der Waals surface area contributed by atoms with E-state index in [1.54, 1.807) is 6.92 Å². The second-order valence-electron chi connectivity index (χ2n) is 8.28. The minimum atomic E-state index is 0. The van der Waals surface area contributed by atoms with Gasteiger partial charge in [0.25, 0.3) is 0 Å². The number of halogens is 1.